The van der Waals surface area contributed by atoms with E-state index in [1.54, 1.807) is 18.1 Å². The topological polar surface area (TPSA) is 92.0 Å². The average Bonchev–Trinajstić information content (AvgIpc) is 3.51. The number of aliphatic hydroxyl groups is 1. The number of aliphatic hydroxyl groups excluding tert-OH is 1. The molecule has 0 amide bonds. The van der Waals surface area contributed by atoms with E-state index in [9.17, 15) is 9.90 Å². The minimum Gasteiger partial charge on any atom is -0.393 e. The number of carbonyl (C=O) groups excluding carboxylic acids is 1. The number of hydrogen-bond donors (Lipinski definition) is 3. The number of Topliss-reactive ketones (excluding diaryl/α,β-unsaturated/α-hetero) is 1. The maximum atomic E-state index is 12.7. The zero-order valence-electron chi connectivity index (χ0n) is 24.4. The van der Waals surface area contributed by atoms with Crippen LogP contribution in [-0.2, 0) is 11.2 Å². The van der Waals surface area contributed by atoms with E-state index < -0.39 is 6.04 Å². The molecule has 5 heteroatoms. The Labute approximate surface area is 230 Å². The highest BCUT2D eigenvalue weighted by molar-refractivity contribution is 5.84. The molecular formula is C33H53N3O2. The van der Waals surface area contributed by atoms with Gasteiger partial charge in [-0.05, 0) is 97.7 Å². The quantitative estimate of drug-likeness (QED) is 0.300. The van der Waals surface area contributed by atoms with Gasteiger partial charge in [0.2, 0.25) is 0 Å². The Morgan fingerprint density at radius 2 is 1.97 bits per heavy atom. The number of hydrogen-bond acceptors (Lipinski definition) is 4. The lowest BCUT2D eigenvalue weighted by Crippen LogP contribution is -2.50. The molecule has 3 saturated carbocycles. The summed E-state index contributed by atoms with van der Waals surface area (Å²) in [5.41, 5.74) is 9.51. The molecule has 1 unspecified atom stereocenters. The molecule has 4 aliphatic rings. The molecule has 3 fully saturated rings. The Kier molecular flexibility index (Phi) is 8.27. The number of aromatic amines is 1. The molecule has 1 aromatic heterocycles. The first-order valence-corrected chi connectivity index (χ1v) is 15.7. The van der Waals surface area contributed by atoms with Gasteiger partial charge in [0.25, 0.3) is 0 Å². The van der Waals surface area contributed by atoms with Crippen molar-refractivity contribution in [3.63, 3.8) is 0 Å². The molecule has 4 aliphatic carbocycles. The molecule has 0 bridgehead atoms. The number of nitrogens with one attached hydrogen (secondary N) is 1. The summed E-state index contributed by atoms with van der Waals surface area (Å²) in [6, 6.07) is -0.436. The number of ketones is 1. The zero-order valence-corrected chi connectivity index (χ0v) is 24.4. The molecule has 10 atom stereocenters. The number of aromatic nitrogens is 2. The monoisotopic (exact) mass is 523 g/mol. The van der Waals surface area contributed by atoms with Gasteiger partial charge in [-0.3, -0.25) is 4.79 Å². The number of carbonyl (C=O) groups is 1. The molecule has 0 spiro atoms. The summed E-state index contributed by atoms with van der Waals surface area (Å²) < 4.78 is 0. The largest absolute Gasteiger partial charge is 0.393 e. The van der Waals surface area contributed by atoms with E-state index in [0.717, 1.165) is 54.5 Å². The van der Waals surface area contributed by atoms with Gasteiger partial charge >= 0.3 is 0 Å². The summed E-state index contributed by atoms with van der Waals surface area (Å²) in [7, 11) is 0. The Hall–Kier alpha value is -1.46. The predicted octanol–water partition coefficient (Wildman–Crippen LogP) is 6.62. The molecule has 0 aliphatic heterocycles. The Morgan fingerprint density at radius 3 is 2.74 bits per heavy atom. The zero-order chi connectivity index (χ0) is 27.1. The first-order chi connectivity index (χ1) is 18.1. The van der Waals surface area contributed by atoms with Crippen LogP contribution in [0.15, 0.2) is 24.2 Å². The SMILES string of the molecule is CC(CCC[C@@H](C)[C@H]1CC[C@H]2[C@@H]3CC=C4C[C@@H](O)CC[C@]4(C)[C@H]3CC[C@]12C)CC(=O)[C@@H](N)Cc1cnc[nH]1. The summed E-state index contributed by atoms with van der Waals surface area (Å²) in [5.74, 6) is 4.67. The molecule has 0 saturated heterocycles. The van der Waals surface area contributed by atoms with Gasteiger partial charge in [-0.25, -0.2) is 4.98 Å². The molecule has 0 radical (unpaired) electrons. The van der Waals surface area contributed by atoms with Crippen LogP contribution >= 0.6 is 0 Å². The van der Waals surface area contributed by atoms with E-state index in [1.807, 2.05) is 0 Å². The second kappa shape index (κ2) is 11.2. The fraction of sp³-hybridized carbons (Fsp3) is 0.818. The third-order valence-corrected chi connectivity index (χ3v) is 12.2. The number of rotatable bonds is 10. The summed E-state index contributed by atoms with van der Waals surface area (Å²) >= 11 is 0. The minimum absolute atomic E-state index is 0.115. The minimum atomic E-state index is -0.436. The lowest BCUT2D eigenvalue weighted by molar-refractivity contribution is -0.121. The van der Waals surface area contributed by atoms with Crippen molar-refractivity contribution >= 4 is 5.78 Å². The maximum absolute atomic E-state index is 12.7. The predicted molar refractivity (Wildman–Crippen MR) is 153 cm³/mol. The number of allylic oxidation sites excluding steroid dienone is 1. The third kappa shape index (κ3) is 5.31. The van der Waals surface area contributed by atoms with Gasteiger partial charge in [0.05, 0.1) is 18.5 Å². The van der Waals surface area contributed by atoms with Crippen LogP contribution in [0.3, 0.4) is 0 Å². The molecule has 0 aromatic carbocycles. The highest BCUT2D eigenvalue weighted by Crippen LogP contribution is 2.67. The Balaban J connectivity index is 1.12. The smallest absolute Gasteiger partial charge is 0.150 e. The standard InChI is InChI=1S/C33H53N3O2/c1-21(16-31(38)30(34)18-24-19-35-20-36-24)6-5-7-22(2)27-10-11-28-26-9-8-23-17-25(37)12-14-32(23,3)29(26)13-15-33(27,28)4/h8,19-22,25-30,37H,5-7,9-18,34H2,1-4H3,(H,35,36)/t21?,22-,25+,26+,27-,28+,29+,30+,32+,33-/m1/s1. The van der Waals surface area contributed by atoms with Gasteiger partial charge in [0.15, 0.2) is 0 Å². The van der Waals surface area contributed by atoms with Crippen LogP contribution in [0.2, 0.25) is 0 Å². The fourth-order valence-corrected chi connectivity index (χ4v) is 9.95. The first kappa shape index (κ1) is 28.1. The van der Waals surface area contributed by atoms with Crippen LogP contribution in [0.5, 0.6) is 0 Å². The molecule has 5 rings (SSSR count). The molecule has 1 heterocycles. The molecule has 1 aromatic rings. The fourth-order valence-electron chi connectivity index (χ4n) is 9.95. The highest BCUT2D eigenvalue weighted by Gasteiger charge is 2.59. The molecule has 4 N–H and O–H groups in total. The normalized spacial score (nSPS) is 38.9. The van der Waals surface area contributed by atoms with E-state index in [4.69, 9.17) is 5.73 Å². The highest BCUT2D eigenvalue weighted by atomic mass is 16.3. The van der Waals surface area contributed by atoms with Crippen LogP contribution < -0.4 is 5.73 Å². The number of nitrogens with two attached hydrogens (primary N) is 1. The lowest BCUT2D eigenvalue weighted by Gasteiger charge is -2.58. The number of fused-ring (bicyclic) bond motifs is 5. The first-order valence-electron chi connectivity index (χ1n) is 15.7. The van der Waals surface area contributed by atoms with Crippen molar-refractivity contribution in [3.05, 3.63) is 29.9 Å². The average molecular weight is 524 g/mol. The second-order valence-corrected chi connectivity index (χ2v) is 14.5. The summed E-state index contributed by atoms with van der Waals surface area (Å²) in [6.45, 7) is 9.92. The van der Waals surface area contributed by atoms with Crippen molar-refractivity contribution in [2.24, 2.45) is 52.1 Å². The van der Waals surface area contributed by atoms with Crippen LogP contribution in [0, 0.1) is 46.3 Å². The van der Waals surface area contributed by atoms with Crippen LogP contribution in [0.1, 0.15) is 110 Å². The Bertz CT molecular complexity index is 988. The van der Waals surface area contributed by atoms with Crippen molar-refractivity contribution in [3.8, 4) is 0 Å². The second-order valence-electron chi connectivity index (χ2n) is 14.5. The van der Waals surface area contributed by atoms with E-state index in [-0.39, 0.29) is 11.9 Å². The molecular weight excluding hydrogens is 470 g/mol. The van der Waals surface area contributed by atoms with Crippen LogP contribution in [-0.4, -0.2) is 33.0 Å². The lowest BCUT2D eigenvalue weighted by atomic mass is 9.47. The van der Waals surface area contributed by atoms with Crippen molar-refractivity contribution in [2.75, 3.05) is 0 Å². The van der Waals surface area contributed by atoms with Crippen LogP contribution in [0.4, 0.5) is 0 Å². The van der Waals surface area contributed by atoms with E-state index >= 15 is 0 Å². The van der Waals surface area contributed by atoms with Crippen molar-refractivity contribution < 1.29 is 9.90 Å². The van der Waals surface area contributed by atoms with E-state index in [0.29, 0.717) is 29.6 Å². The summed E-state index contributed by atoms with van der Waals surface area (Å²) in [6.07, 6.45) is 20.5. The van der Waals surface area contributed by atoms with Crippen molar-refractivity contribution in [2.45, 2.75) is 123 Å². The Morgan fingerprint density at radius 1 is 1.16 bits per heavy atom. The summed E-state index contributed by atoms with van der Waals surface area (Å²) in [5, 5.41) is 10.3. The maximum Gasteiger partial charge on any atom is 0.150 e. The van der Waals surface area contributed by atoms with Crippen molar-refractivity contribution in [1.29, 1.82) is 0 Å². The van der Waals surface area contributed by atoms with E-state index in [1.165, 1.54) is 51.4 Å². The summed E-state index contributed by atoms with van der Waals surface area (Å²) in [4.78, 5) is 19.7. The molecule has 38 heavy (non-hydrogen) atoms. The van der Waals surface area contributed by atoms with Gasteiger partial charge in [0.1, 0.15) is 5.78 Å². The van der Waals surface area contributed by atoms with Gasteiger partial charge in [-0.15, -0.1) is 0 Å². The number of nitrogens with zero attached hydrogens (tertiary/aromatic N) is 1. The van der Waals surface area contributed by atoms with Gasteiger partial charge in [-0.1, -0.05) is 58.6 Å². The molecule has 5 nitrogen and oxygen atoms in total. The van der Waals surface area contributed by atoms with Gasteiger partial charge < -0.3 is 15.8 Å². The molecule has 212 valence electrons. The van der Waals surface area contributed by atoms with E-state index in [2.05, 4.69) is 43.7 Å². The van der Waals surface area contributed by atoms with Gasteiger partial charge in [0, 0.05) is 24.7 Å². The number of H-pyrrole nitrogens is 1. The number of imidazole rings is 1. The van der Waals surface area contributed by atoms with Gasteiger partial charge in [-0.2, -0.15) is 0 Å². The third-order valence-electron chi connectivity index (χ3n) is 12.2. The van der Waals surface area contributed by atoms with Crippen molar-refractivity contribution in [1.82, 2.24) is 9.97 Å². The van der Waals surface area contributed by atoms with Crippen LogP contribution in [0.25, 0.3) is 0 Å².